The standard InChI is InChI=1S/C22H24N2O4/c1-14-7-15(2)9-17(8-14)23-21(25)11-22(26)24(18-4-5-18)12-16-3-6-19-20(10-16)28-13-27-19/h3,6-10,18H,4-5,11-13H2,1-2H3,(H,23,25). The molecular weight excluding hydrogens is 356 g/mol. The van der Waals surface area contributed by atoms with Gasteiger partial charge in [-0.25, -0.2) is 0 Å². The molecule has 0 spiro atoms. The van der Waals surface area contributed by atoms with Crippen molar-refractivity contribution in [1.82, 2.24) is 4.90 Å². The van der Waals surface area contributed by atoms with Crippen LogP contribution in [0.2, 0.25) is 0 Å². The van der Waals surface area contributed by atoms with Gasteiger partial charge < -0.3 is 19.7 Å². The number of hydrogen-bond donors (Lipinski definition) is 1. The number of hydrogen-bond acceptors (Lipinski definition) is 4. The van der Waals surface area contributed by atoms with Gasteiger partial charge in [-0.15, -0.1) is 0 Å². The number of aryl methyl sites for hydroxylation is 2. The Balaban J connectivity index is 1.40. The van der Waals surface area contributed by atoms with Crippen molar-refractivity contribution in [2.45, 2.75) is 45.7 Å². The molecule has 0 radical (unpaired) electrons. The molecule has 0 bridgehead atoms. The molecule has 0 saturated heterocycles. The van der Waals surface area contributed by atoms with Gasteiger partial charge in [0.15, 0.2) is 11.5 Å². The molecule has 0 atom stereocenters. The van der Waals surface area contributed by atoms with E-state index in [1.165, 1.54) is 0 Å². The molecular formula is C22H24N2O4. The summed E-state index contributed by atoms with van der Waals surface area (Å²) < 4.78 is 10.8. The Morgan fingerprint density at radius 1 is 1.04 bits per heavy atom. The fraction of sp³-hybridized carbons (Fsp3) is 0.364. The molecule has 2 aromatic carbocycles. The van der Waals surface area contributed by atoms with Gasteiger partial charge in [0.2, 0.25) is 18.6 Å². The number of ether oxygens (including phenoxy) is 2. The van der Waals surface area contributed by atoms with Crippen molar-refractivity contribution in [3.05, 3.63) is 53.1 Å². The SMILES string of the molecule is Cc1cc(C)cc(NC(=O)CC(=O)N(Cc2ccc3c(c2)OCO3)C2CC2)c1. The number of rotatable bonds is 6. The van der Waals surface area contributed by atoms with Gasteiger partial charge in [0, 0.05) is 18.3 Å². The summed E-state index contributed by atoms with van der Waals surface area (Å²) in [5, 5.41) is 2.84. The zero-order valence-electron chi connectivity index (χ0n) is 16.2. The van der Waals surface area contributed by atoms with E-state index in [-0.39, 0.29) is 31.1 Å². The molecule has 1 heterocycles. The fourth-order valence-corrected chi connectivity index (χ4v) is 3.53. The van der Waals surface area contributed by atoms with E-state index in [9.17, 15) is 9.59 Å². The molecule has 146 valence electrons. The van der Waals surface area contributed by atoms with Gasteiger partial charge >= 0.3 is 0 Å². The van der Waals surface area contributed by atoms with Crippen LogP contribution < -0.4 is 14.8 Å². The molecule has 6 nitrogen and oxygen atoms in total. The predicted molar refractivity (Wildman–Crippen MR) is 105 cm³/mol. The van der Waals surface area contributed by atoms with Gasteiger partial charge in [-0.3, -0.25) is 9.59 Å². The molecule has 1 aliphatic carbocycles. The molecule has 2 amide bonds. The normalized spacial score (nSPS) is 14.6. The fourth-order valence-electron chi connectivity index (χ4n) is 3.53. The van der Waals surface area contributed by atoms with Crippen LogP contribution in [-0.4, -0.2) is 29.5 Å². The Labute approximate surface area is 164 Å². The number of carbonyl (C=O) groups is 2. The average Bonchev–Trinajstić information content (AvgIpc) is 3.35. The van der Waals surface area contributed by atoms with Gasteiger partial charge in [0.1, 0.15) is 6.42 Å². The van der Waals surface area contributed by atoms with Crippen LogP contribution in [0, 0.1) is 13.8 Å². The molecule has 28 heavy (non-hydrogen) atoms. The number of fused-ring (bicyclic) bond motifs is 1. The van der Waals surface area contributed by atoms with Crippen LogP contribution in [0.3, 0.4) is 0 Å². The second-order valence-corrected chi connectivity index (χ2v) is 7.54. The summed E-state index contributed by atoms with van der Waals surface area (Å²) in [6.45, 7) is 4.65. The zero-order valence-corrected chi connectivity index (χ0v) is 16.2. The Bertz CT molecular complexity index is 900. The van der Waals surface area contributed by atoms with Crippen LogP contribution in [0.1, 0.15) is 36.0 Å². The quantitative estimate of drug-likeness (QED) is 0.778. The second kappa shape index (κ2) is 7.54. The third-order valence-corrected chi connectivity index (χ3v) is 4.92. The average molecular weight is 380 g/mol. The minimum atomic E-state index is -0.286. The first-order chi connectivity index (χ1) is 13.5. The van der Waals surface area contributed by atoms with Gasteiger partial charge in [0.25, 0.3) is 0 Å². The molecule has 4 rings (SSSR count). The first-order valence-electron chi connectivity index (χ1n) is 9.54. The smallest absolute Gasteiger partial charge is 0.233 e. The number of anilines is 1. The van der Waals surface area contributed by atoms with Crippen molar-refractivity contribution in [3.8, 4) is 11.5 Å². The molecule has 1 aliphatic heterocycles. The third-order valence-electron chi connectivity index (χ3n) is 4.92. The van der Waals surface area contributed by atoms with Gasteiger partial charge in [-0.2, -0.15) is 0 Å². The summed E-state index contributed by atoms with van der Waals surface area (Å²) in [5.74, 6) is 0.988. The van der Waals surface area contributed by atoms with Crippen LogP contribution in [0.4, 0.5) is 5.69 Å². The van der Waals surface area contributed by atoms with Crippen LogP contribution in [0.15, 0.2) is 36.4 Å². The maximum Gasteiger partial charge on any atom is 0.233 e. The minimum Gasteiger partial charge on any atom is -0.454 e. The lowest BCUT2D eigenvalue weighted by Gasteiger charge is -2.22. The molecule has 6 heteroatoms. The minimum absolute atomic E-state index is 0.151. The molecule has 2 aromatic rings. The van der Waals surface area contributed by atoms with Crippen molar-refractivity contribution in [1.29, 1.82) is 0 Å². The number of amides is 2. The lowest BCUT2D eigenvalue weighted by atomic mass is 10.1. The van der Waals surface area contributed by atoms with E-state index in [1.54, 1.807) is 4.90 Å². The second-order valence-electron chi connectivity index (χ2n) is 7.54. The van der Waals surface area contributed by atoms with Gasteiger partial charge in [0.05, 0.1) is 0 Å². The number of nitrogens with one attached hydrogen (secondary N) is 1. The van der Waals surface area contributed by atoms with Crippen LogP contribution >= 0.6 is 0 Å². The van der Waals surface area contributed by atoms with Crippen LogP contribution in [0.5, 0.6) is 11.5 Å². The molecule has 1 fully saturated rings. The highest BCUT2D eigenvalue weighted by molar-refractivity contribution is 6.03. The number of carbonyl (C=O) groups excluding carboxylic acids is 2. The lowest BCUT2D eigenvalue weighted by molar-refractivity contribution is -0.135. The molecule has 2 aliphatic rings. The first kappa shape index (κ1) is 18.3. The van der Waals surface area contributed by atoms with E-state index in [1.807, 2.05) is 50.2 Å². The zero-order chi connectivity index (χ0) is 19.7. The van der Waals surface area contributed by atoms with Crippen LogP contribution in [0.25, 0.3) is 0 Å². The monoisotopic (exact) mass is 380 g/mol. The number of nitrogens with zero attached hydrogens (tertiary/aromatic N) is 1. The first-order valence-corrected chi connectivity index (χ1v) is 9.54. The van der Waals surface area contributed by atoms with E-state index < -0.39 is 0 Å². The number of benzene rings is 2. The summed E-state index contributed by atoms with van der Waals surface area (Å²) in [6, 6.07) is 11.8. The van der Waals surface area contributed by atoms with Crippen molar-refractivity contribution < 1.29 is 19.1 Å². The van der Waals surface area contributed by atoms with Gasteiger partial charge in [-0.05, 0) is 67.6 Å². The third kappa shape index (κ3) is 4.27. The summed E-state index contributed by atoms with van der Waals surface area (Å²) in [4.78, 5) is 27.0. The Morgan fingerprint density at radius 2 is 1.75 bits per heavy atom. The highest BCUT2D eigenvalue weighted by Gasteiger charge is 2.33. The van der Waals surface area contributed by atoms with E-state index in [0.717, 1.165) is 41.0 Å². The van der Waals surface area contributed by atoms with Crippen molar-refractivity contribution in [2.24, 2.45) is 0 Å². The molecule has 0 unspecified atom stereocenters. The Hall–Kier alpha value is -3.02. The predicted octanol–water partition coefficient (Wildman–Crippen LogP) is 3.55. The van der Waals surface area contributed by atoms with Gasteiger partial charge in [-0.1, -0.05) is 12.1 Å². The summed E-state index contributed by atoms with van der Waals surface area (Å²) >= 11 is 0. The largest absolute Gasteiger partial charge is 0.454 e. The Kier molecular flexibility index (Phi) is 4.94. The van der Waals surface area contributed by atoms with Crippen molar-refractivity contribution in [3.63, 3.8) is 0 Å². The van der Waals surface area contributed by atoms with E-state index in [4.69, 9.17) is 9.47 Å². The molecule has 1 saturated carbocycles. The van der Waals surface area contributed by atoms with Crippen LogP contribution in [-0.2, 0) is 16.1 Å². The van der Waals surface area contributed by atoms with Crippen molar-refractivity contribution in [2.75, 3.05) is 12.1 Å². The summed E-state index contributed by atoms with van der Waals surface area (Å²) in [7, 11) is 0. The lowest BCUT2D eigenvalue weighted by Crippen LogP contribution is -2.35. The Morgan fingerprint density at radius 3 is 2.46 bits per heavy atom. The maximum atomic E-state index is 12.8. The molecule has 1 N–H and O–H groups in total. The van der Waals surface area contributed by atoms with E-state index >= 15 is 0 Å². The van der Waals surface area contributed by atoms with Crippen molar-refractivity contribution >= 4 is 17.5 Å². The highest BCUT2D eigenvalue weighted by atomic mass is 16.7. The molecule has 0 aromatic heterocycles. The maximum absolute atomic E-state index is 12.8. The topological polar surface area (TPSA) is 67.9 Å². The summed E-state index contributed by atoms with van der Waals surface area (Å²) in [6.07, 6.45) is 1.80. The van der Waals surface area contributed by atoms with E-state index in [0.29, 0.717) is 12.3 Å². The summed E-state index contributed by atoms with van der Waals surface area (Å²) in [5.41, 5.74) is 3.84. The van der Waals surface area contributed by atoms with E-state index in [2.05, 4.69) is 5.32 Å². The highest BCUT2D eigenvalue weighted by Crippen LogP contribution is 2.34.